The van der Waals surface area contributed by atoms with Crippen LogP contribution in [0.4, 0.5) is 0 Å². The lowest BCUT2D eigenvalue weighted by molar-refractivity contribution is -0.142. The Kier molecular flexibility index (Phi) is 33.8. The number of amides is 12. The van der Waals surface area contributed by atoms with Gasteiger partial charge in [0.15, 0.2) is 6.61 Å². The minimum Gasteiger partial charge on any atom is -0.483 e. The molecule has 6 aliphatic rings. The minimum atomic E-state index is -1.32. The van der Waals surface area contributed by atoms with Crippen molar-refractivity contribution in [2.24, 2.45) is 52.3 Å². The molecule has 21 N–H and O–H groups in total. The fourth-order valence-electron chi connectivity index (χ4n) is 16.7. The van der Waals surface area contributed by atoms with Crippen LogP contribution in [0.15, 0.2) is 140 Å². The van der Waals surface area contributed by atoms with Crippen LogP contribution in [0.3, 0.4) is 0 Å². The van der Waals surface area contributed by atoms with Crippen LogP contribution in [0.1, 0.15) is 189 Å². The summed E-state index contributed by atoms with van der Waals surface area (Å²) in [4.78, 5) is 190. The number of nitrogens with one attached hydrogen (secondary N) is 10. The second-order valence-electron chi connectivity index (χ2n) is 33.2. The van der Waals surface area contributed by atoms with Crippen LogP contribution < -0.4 is 86.6 Å². The number of benzene rings is 5. The molecule has 0 bridgehead atoms. The van der Waals surface area contributed by atoms with Gasteiger partial charge in [0, 0.05) is 79.6 Å². The van der Waals surface area contributed by atoms with E-state index in [0.717, 1.165) is 22.3 Å². The molecule has 4 aliphatic carbocycles. The number of carboxylic acid groups (broad SMARTS) is 1. The van der Waals surface area contributed by atoms with E-state index in [9.17, 15) is 57.8 Å². The molecule has 6 fully saturated rings. The summed E-state index contributed by atoms with van der Waals surface area (Å²) >= 11 is 0. The van der Waals surface area contributed by atoms with Crippen LogP contribution in [-0.4, -0.2) is 218 Å². The zero-order valence-corrected chi connectivity index (χ0v) is 69.3. The highest BCUT2D eigenvalue weighted by Gasteiger charge is 2.52. The van der Waals surface area contributed by atoms with E-state index in [-0.39, 0.29) is 161 Å². The predicted octanol–water partition coefficient (Wildman–Crippen LogP) is 2.40. The molecule has 122 heavy (non-hydrogen) atoms. The molecule has 0 radical (unpaired) electrons. The van der Waals surface area contributed by atoms with Gasteiger partial charge in [-0.05, 0) is 195 Å². The van der Waals surface area contributed by atoms with Gasteiger partial charge in [-0.25, -0.2) is 4.79 Å². The molecule has 32 heteroatoms. The van der Waals surface area contributed by atoms with E-state index in [1.807, 2.05) is 121 Å². The minimum absolute atomic E-state index is 0.0189. The summed E-state index contributed by atoms with van der Waals surface area (Å²) in [5.41, 5.74) is 33.0. The van der Waals surface area contributed by atoms with Gasteiger partial charge in [-0.1, -0.05) is 121 Å². The maximum absolute atomic E-state index is 15.4. The molecule has 656 valence electrons. The summed E-state index contributed by atoms with van der Waals surface area (Å²) in [7, 11) is 0. The van der Waals surface area contributed by atoms with Gasteiger partial charge in [-0.15, -0.1) is 0 Å². The fraction of sp³-hybridized carbons (Fsp3) is 0.522. The van der Waals surface area contributed by atoms with Gasteiger partial charge in [0.05, 0.1) is 35.8 Å². The van der Waals surface area contributed by atoms with E-state index in [2.05, 4.69) is 53.2 Å². The van der Waals surface area contributed by atoms with E-state index in [4.69, 9.17) is 33.4 Å². The Hall–Kier alpha value is -11.2. The Morgan fingerprint density at radius 1 is 0.361 bits per heavy atom. The summed E-state index contributed by atoms with van der Waals surface area (Å²) in [6.07, 6.45) is 7.19. The molecule has 5 aromatic carbocycles. The van der Waals surface area contributed by atoms with Gasteiger partial charge in [-0.3, -0.25) is 57.5 Å². The van der Waals surface area contributed by atoms with Crippen molar-refractivity contribution in [2.75, 3.05) is 72.1 Å². The van der Waals surface area contributed by atoms with Gasteiger partial charge in [0.2, 0.25) is 53.2 Å². The largest absolute Gasteiger partial charge is 0.483 e. The first-order valence-corrected chi connectivity index (χ1v) is 43.4. The quantitative estimate of drug-likeness (QED) is 0.0249. The number of carbonyl (C=O) groups is 13. The molecule has 5 aromatic rings. The Morgan fingerprint density at radius 3 is 0.967 bits per heavy atom. The number of carbonyl (C=O) groups excluding carboxylic acids is 12. The monoisotopic (exact) mass is 1680 g/mol. The van der Waals surface area contributed by atoms with Crippen molar-refractivity contribution in [1.82, 2.24) is 63.0 Å². The average molecular weight is 1680 g/mol. The number of nitrogens with zero attached hydrogens (tertiary/aromatic N) is 2. The van der Waals surface area contributed by atoms with E-state index in [1.165, 1.54) is 28.0 Å². The first-order chi connectivity index (χ1) is 59.1. The molecular weight excluding hydrogens is 1560 g/mol. The zero-order valence-electron chi connectivity index (χ0n) is 69.3. The number of aliphatic carboxylic acids is 1. The molecule has 17 atom stereocenters. The Morgan fingerprint density at radius 2 is 0.656 bits per heavy atom. The van der Waals surface area contributed by atoms with Gasteiger partial charge < -0.3 is 101 Å². The molecular formula is C90H121N17O15. The van der Waals surface area contributed by atoms with Crippen molar-refractivity contribution in [3.8, 4) is 5.75 Å². The number of likely N-dealkylation sites (tertiary alicyclic amines) is 2. The summed E-state index contributed by atoms with van der Waals surface area (Å²) in [5.74, 6) is -13.0. The molecule has 2 aliphatic heterocycles. The number of hydrogen-bond acceptors (Lipinski definition) is 19. The van der Waals surface area contributed by atoms with Crippen molar-refractivity contribution in [2.45, 2.75) is 200 Å². The van der Waals surface area contributed by atoms with E-state index in [0.29, 0.717) is 96.4 Å². The van der Waals surface area contributed by atoms with Crippen molar-refractivity contribution in [3.63, 3.8) is 0 Å². The molecule has 32 nitrogen and oxygen atoms in total. The van der Waals surface area contributed by atoms with Crippen LogP contribution in [0, 0.1) is 23.7 Å². The first-order valence-electron chi connectivity index (χ1n) is 43.4. The number of nitrogens with two attached hydrogens (primary N) is 5. The summed E-state index contributed by atoms with van der Waals surface area (Å²) in [6, 6.07) is 35.9. The predicted molar refractivity (Wildman–Crippen MR) is 455 cm³/mol. The summed E-state index contributed by atoms with van der Waals surface area (Å²) in [6.45, 7) is -0.980. The van der Waals surface area contributed by atoms with Crippen LogP contribution in [0.25, 0.3) is 0 Å². The smallest absolute Gasteiger partial charge is 0.326 e. The van der Waals surface area contributed by atoms with Gasteiger partial charge >= 0.3 is 5.97 Å². The highest BCUT2D eigenvalue weighted by atomic mass is 16.5. The topological polar surface area (TPSA) is 508 Å². The van der Waals surface area contributed by atoms with E-state index >= 15 is 9.59 Å². The second-order valence-corrected chi connectivity index (χ2v) is 33.2. The SMILES string of the molecule is NCCCC[C@H](NC(=O)[C@H](CCCCN)NC(=O)[C@H](CCCCN)NC(=O)[C@H](CCCCN)NC(=O)[C@H](CCCCN)NC(=O)CNC(=O)COc1cc(C(=O)N2C[C@@H](C(=O)N[C@H]3C[C@@H]3c3ccccc3)[C@H](C(=O)N[C@H]3C[C@@H]3c3ccccc3)C2)ccc1C(=O)N1C[C@@H](C(=O)N[C@H]2C[C@@H]2c2ccccc2)[C@H](C(=O)N[C@H]2C[C@@H]2c2ccccc2)C1)C(=O)O. The Labute approximate surface area is 711 Å². The maximum Gasteiger partial charge on any atom is 0.326 e. The fourth-order valence-corrected chi connectivity index (χ4v) is 16.7. The molecule has 0 spiro atoms. The average Bonchev–Trinajstić information content (AvgIpc) is 0.855. The summed E-state index contributed by atoms with van der Waals surface area (Å²) < 4.78 is 6.26. The lowest BCUT2D eigenvalue weighted by Gasteiger charge is -2.27. The standard InChI is InChI=1S/C90H121N17O15/c91-38-18-13-31-68(84(114)98-69(32-14-19-39-92)85(115)99-70(33-15-20-40-93)86(116)100-71(34-16-21-41-94)87(117)101-72(90(120)121)35-17-22-42-95)97-78(108)48-96-79(109)53-122-77-43-58(88(118)106-49-64(80(110)102-73-44-60(73)54-23-5-1-6-24-54)65(50-106)81(111)103-74-45-61(74)55-25-7-2-8-26-55)36-37-59(77)89(119)107-51-66(82(112)104-75-46-62(75)56-27-9-3-10-28-56)67(52-107)83(113)105-76-47-63(76)57-29-11-4-12-30-57/h1-12,23-30,36-37,43,60-76H,13-22,31-35,38-42,44-53,91-95H2,(H,96,109)(H,97,108)(H,98,114)(H,99,115)(H,100,116)(H,101,117)(H,102,110)(H,103,111)(H,104,112)(H,105,113)(H,120,121)/t60-,61-,62-,63-,64-,65-,66-,67-,68+,69+,70+,71+,72+,73+,74+,75+,76+/m1/s1. The first kappa shape index (κ1) is 91.5. The normalized spacial score (nSPS) is 22.7. The molecule has 0 aromatic heterocycles. The molecule has 0 unspecified atom stereocenters. The lowest BCUT2D eigenvalue weighted by Crippen LogP contribution is -2.59. The zero-order chi connectivity index (χ0) is 86.8. The van der Waals surface area contributed by atoms with Crippen LogP contribution in [0.5, 0.6) is 5.75 Å². The Bertz CT molecular complexity index is 4270. The molecule has 4 saturated carbocycles. The third-order valence-corrected chi connectivity index (χ3v) is 24.1. The Balaban J connectivity index is 0.803. The number of hydrogen-bond donors (Lipinski definition) is 16. The van der Waals surface area contributed by atoms with E-state index in [1.54, 1.807) is 0 Å². The van der Waals surface area contributed by atoms with Crippen molar-refractivity contribution in [1.29, 1.82) is 0 Å². The molecule has 2 heterocycles. The van der Waals surface area contributed by atoms with Gasteiger partial charge in [0.25, 0.3) is 17.7 Å². The summed E-state index contributed by atoms with van der Waals surface area (Å²) in [5, 5.41) is 38.6. The van der Waals surface area contributed by atoms with Gasteiger partial charge in [0.1, 0.15) is 36.0 Å². The third-order valence-electron chi connectivity index (χ3n) is 24.1. The highest BCUT2D eigenvalue weighted by Crippen LogP contribution is 2.45. The maximum atomic E-state index is 15.4. The highest BCUT2D eigenvalue weighted by molar-refractivity contribution is 6.03. The number of carboxylic acids is 1. The molecule has 11 rings (SSSR count). The van der Waals surface area contributed by atoms with Crippen LogP contribution >= 0.6 is 0 Å². The van der Waals surface area contributed by atoms with Crippen molar-refractivity contribution < 1.29 is 72.2 Å². The third kappa shape index (κ3) is 25.9. The van der Waals surface area contributed by atoms with E-state index < -0.39 is 132 Å². The van der Waals surface area contributed by atoms with Crippen molar-refractivity contribution in [3.05, 3.63) is 173 Å². The van der Waals surface area contributed by atoms with Crippen LogP contribution in [-0.2, 0) is 52.7 Å². The molecule has 2 saturated heterocycles. The number of unbranched alkanes of at least 4 members (excludes halogenated alkanes) is 5. The van der Waals surface area contributed by atoms with Gasteiger partial charge in [-0.2, -0.15) is 0 Å². The molecule has 12 amide bonds. The number of ether oxygens (including phenoxy) is 1. The van der Waals surface area contributed by atoms with Crippen molar-refractivity contribution >= 4 is 76.9 Å². The second kappa shape index (κ2) is 45.1. The lowest BCUT2D eigenvalue weighted by atomic mass is 9.94. The number of rotatable bonds is 49. The van der Waals surface area contributed by atoms with Crippen LogP contribution in [0.2, 0.25) is 0 Å².